The number of nitrogens with zero attached hydrogens (tertiary/aromatic N) is 2. The Morgan fingerprint density at radius 2 is 2.18 bits per heavy atom. The quantitative estimate of drug-likeness (QED) is 0.751. The maximum Gasteiger partial charge on any atom is 0.135 e. The summed E-state index contributed by atoms with van der Waals surface area (Å²) in [7, 11) is 0. The van der Waals surface area contributed by atoms with Crippen molar-refractivity contribution in [3.8, 4) is 0 Å². The van der Waals surface area contributed by atoms with Crippen molar-refractivity contribution in [3.05, 3.63) is 29.6 Å². The molecule has 3 heteroatoms. The molecule has 2 aromatic rings. The monoisotopic (exact) mass is 230 g/mol. The molecule has 17 heavy (non-hydrogen) atoms. The lowest BCUT2D eigenvalue weighted by molar-refractivity contribution is -0.0295. The summed E-state index contributed by atoms with van der Waals surface area (Å²) in [4.78, 5) is 4.54. The smallest absolute Gasteiger partial charge is 0.135 e. The van der Waals surface area contributed by atoms with E-state index in [2.05, 4.69) is 35.5 Å². The average Bonchev–Trinajstić information content (AvgIpc) is 2.79. The van der Waals surface area contributed by atoms with Crippen molar-refractivity contribution in [1.29, 1.82) is 0 Å². The molecular formula is C14H18N2O. The molecule has 1 atom stereocenters. The van der Waals surface area contributed by atoms with Gasteiger partial charge in [-0.25, -0.2) is 4.98 Å². The van der Waals surface area contributed by atoms with Gasteiger partial charge in [-0.05, 0) is 50.3 Å². The molecule has 0 spiro atoms. The van der Waals surface area contributed by atoms with Crippen LogP contribution in [0.4, 0.5) is 0 Å². The molecule has 0 N–H and O–H groups in total. The lowest BCUT2D eigenvalue weighted by Crippen LogP contribution is -2.17. The topological polar surface area (TPSA) is 27.1 Å². The molecular weight excluding hydrogens is 212 g/mol. The van der Waals surface area contributed by atoms with E-state index >= 15 is 0 Å². The standard InChI is InChI=1S/C14H18N2O/c1-10-6-7-12-14(11(10)2)15-9-16(12)13-5-3-4-8-17-13/h6-7,9,13H,3-5,8H2,1-2H3. The first kappa shape index (κ1) is 10.8. The van der Waals surface area contributed by atoms with Gasteiger partial charge in [-0.3, -0.25) is 0 Å². The number of benzene rings is 1. The molecule has 0 aliphatic carbocycles. The summed E-state index contributed by atoms with van der Waals surface area (Å²) >= 11 is 0. The molecule has 1 saturated heterocycles. The highest BCUT2D eigenvalue weighted by atomic mass is 16.5. The lowest BCUT2D eigenvalue weighted by Gasteiger charge is -2.24. The normalized spacial score (nSPS) is 20.9. The molecule has 90 valence electrons. The highest BCUT2D eigenvalue weighted by molar-refractivity contribution is 5.80. The van der Waals surface area contributed by atoms with E-state index in [4.69, 9.17) is 4.74 Å². The van der Waals surface area contributed by atoms with Gasteiger partial charge in [0, 0.05) is 6.61 Å². The lowest BCUT2D eigenvalue weighted by atomic mass is 10.1. The molecule has 1 aromatic heterocycles. The predicted octanol–water partition coefficient (Wildman–Crippen LogP) is 3.35. The minimum absolute atomic E-state index is 0.177. The van der Waals surface area contributed by atoms with Gasteiger partial charge in [-0.2, -0.15) is 0 Å². The maximum atomic E-state index is 5.82. The summed E-state index contributed by atoms with van der Waals surface area (Å²) in [6, 6.07) is 4.32. The van der Waals surface area contributed by atoms with Gasteiger partial charge in [0.15, 0.2) is 0 Å². The number of aryl methyl sites for hydroxylation is 2. The zero-order valence-corrected chi connectivity index (χ0v) is 10.4. The first-order valence-electron chi connectivity index (χ1n) is 6.32. The zero-order chi connectivity index (χ0) is 11.8. The van der Waals surface area contributed by atoms with E-state index in [1.807, 2.05) is 6.33 Å². The van der Waals surface area contributed by atoms with E-state index in [1.54, 1.807) is 0 Å². The Hall–Kier alpha value is -1.35. The second-order valence-electron chi connectivity index (χ2n) is 4.85. The van der Waals surface area contributed by atoms with Gasteiger partial charge in [-0.1, -0.05) is 6.07 Å². The summed E-state index contributed by atoms with van der Waals surface area (Å²) in [5.41, 5.74) is 4.88. The molecule has 2 heterocycles. The number of aromatic nitrogens is 2. The average molecular weight is 230 g/mol. The first-order chi connectivity index (χ1) is 8.27. The summed E-state index contributed by atoms with van der Waals surface area (Å²) in [6.45, 7) is 5.14. The minimum Gasteiger partial charge on any atom is -0.358 e. The van der Waals surface area contributed by atoms with Crippen LogP contribution >= 0.6 is 0 Å². The van der Waals surface area contributed by atoms with Gasteiger partial charge in [-0.15, -0.1) is 0 Å². The van der Waals surface area contributed by atoms with Crippen molar-refractivity contribution in [2.24, 2.45) is 0 Å². The van der Waals surface area contributed by atoms with Crippen LogP contribution in [0.3, 0.4) is 0 Å². The molecule has 0 bridgehead atoms. The van der Waals surface area contributed by atoms with Crippen LogP contribution in [0.25, 0.3) is 11.0 Å². The number of ether oxygens (including phenoxy) is 1. The van der Waals surface area contributed by atoms with Gasteiger partial charge in [0.05, 0.1) is 17.4 Å². The number of hydrogen-bond acceptors (Lipinski definition) is 2. The summed E-state index contributed by atoms with van der Waals surface area (Å²) < 4.78 is 8.00. The minimum atomic E-state index is 0.177. The van der Waals surface area contributed by atoms with Crippen LogP contribution in [0, 0.1) is 13.8 Å². The van der Waals surface area contributed by atoms with Crippen LogP contribution in [-0.2, 0) is 4.74 Å². The number of rotatable bonds is 1. The van der Waals surface area contributed by atoms with E-state index in [0.717, 1.165) is 18.5 Å². The maximum absolute atomic E-state index is 5.82. The van der Waals surface area contributed by atoms with E-state index in [9.17, 15) is 0 Å². The largest absolute Gasteiger partial charge is 0.358 e. The third-order valence-electron chi connectivity index (χ3n) is 3.74. The molecule has 1 fully saturated rings. The third kappa shape index (κ3) is 1.75. The van der Waals surface area contributed by atoms with Crippen LogP contribution in [0.5, 0.6) is 0 Å². The van der Waals surface area contributed by atoms with Crippen molar-refractivity contribution in [2.75, 3.05) is 6.61 Å². The molecule has 3 nitrogen and oxygen atoms in total. The second-order valence-corrected chi connectivity index (χ2v) is 4.85. The molecule has 0 radical (unpaired) electrons. The molecule has 1 aromatic carbocycles. The van der Waals surface area contributed by atoms with Crippen LogP contribution in [-0.4, -0.2) is 16.2 Å². The molecule has 1 unspecified atom stereocenters. The van der Waals surface area contributed by atoms with E-state index in [1.165, 1.54) is 29.5 Å². The Morgan fingerprint density at radius 1 is 1.29 bits per heavy atom. The van der Waals surface area contributed by atoms with E-state index < -0.39 is 0 Å². The summed E-state index contributed by atoms with van der Waals surface area (Å²) in [5, 5.41) is 0. The van der Waals surface area contributed by atoms with Crippen molar-refractivity contribution < 1.29 is 4.74 Å². The first-order valence-corrected chi connectivity index (χ1v) is 6.32. The zero-order valence-electron chi connectivity index (χ0n) is 10.4. The van der Waals surface area contributed by atoms with Gasteiger partial charge in [0.2, 0.25) is 0 Å². The Kier molecular flexibility index (Phi) is 2.63. The third-order valence-corrected chi connectivity index (χ3v) is 3.74. The van der Waals surface area contributed by atoms with Crippen molar-refractivity contribution in [3.63, 3.8) is 0 Å². The molecule has 1 aliphatic heterocycles. The Labute approximate surface area is 101 Å². The molecule has 0 saturated carbocycles. The predicted molar refractivity (Wildman–Crippen MR) is 68.0 cm³/mol. The Balaban J connectivity index is 2.08. The van der Waals surface area contributed by atoms with Gasteiger partial charge in [0.25, 0.3) is 0 Å². The fourth-order valence-corrected chi connectivity index (χ4v) is 2.51. The molecule has 1 aliphatic rings. The number of hydrogen-bond donors (Lipinski definition) is 0. The van der Waals surface area contributed by atoms with E-state index in [-0.39, 0.29) is 6.23 Å². The van der Waals surface area contributed by atoms with Crippen molar-refractivity contribution >= 4 is 11.0 Å². The number of imidazole rings is 1. The fraction of sp³-hybridized carbons (Fsp3) is 0.500. The Bertz CT molecular complexity index is 538. The van der Waals surface area contributed by atoms with Crippen molar-refractivity contribution in [1.82, 2.24) is 9.55 Å². The summed E-state index contributed by atoms with van der Waals surface area (Å²) in [6.07, 6.45) is 5.62. The highest BCUT2D eigenvalue weighted by Crippen LogP contribution is 2.28. The fourth-order valence-electron chi connectivity index (χ4n) is 2.51. The molecule has 0 amide bonds. The second kappa shape index (κ2) is 4.15. The van der Waals surface area contributed by atoms with E-state index in [0.29, 0.717) is 0 Å². The van der Waals surface area contributed by atoms with Gasteiger partial charge in [0.1, 0.15) is 6.23 Å². The van der Waals surface area contributed by atoms with Gasteiger partial charge < -0.3 is 9.30 Å². The van der Waals surface area contributed by atoms with Crippen molar-refractivity contribution in [2.45, 2.75) is 39.3 Å². The van der Waals surface area contributed by atoms with Crippen LogP contribution in [0.15, 0.2) is 18.5 Å². The SMILES string of the molecule is Cc1ccc2c(ncn2C2CCCCO2)c1C. The summed E-state index contributed by atoms with van der Waals surface area (Å²) in [5.74, 6) is 0. The van der Waals surface area contributed by atoms with Crippen LogP contribution in [0.2, 0.25) is 0 Å². The molecule has 3 rings (SSSR count). The van der Waals surface area contributed by atoms with Crippen LogP contribution < -0.4 is 0 Å². The highest BCUT2D eigenvalue weighted by Gasteiger charge is 2.18. The van der Waals surface area contributed by atoms with Crippen LogP contribution in [0.1, 0.15) is 36.6 Å². The Morgan fingerprint density at radius 3 is 2.94 bits per heavy atom. The van der Waals surface area contributed by atoms with Gasteiger partial charge >= 0.3 is 0 Å². The number of fused-ring (bicyclic) bond motifs is 1.